The third kappa shape index (κ3) is 4.14. The van der Waals surface area contributed by atoms with Crippen molar-refractivity contribution in [3.05, 3.63) is 57.7 Å². The third-order valence-electron chi connectivity index (χ3n) is 4.23. The number of carbonyl (C=O) groups excluding carboxylic acids is 1. The number of carbonyl (C=O) groups is 1. The number of aromatic nitrogens is 3. The van der Waals surface area contributed by atoms with E-state index in [1.54, 1.807) is 12.4 Å². The van der Waals surface area contributed by atoms with Crippen LogP contribution < -0.4 is 5.73 Å². The summed E-state index contributed by atoms with van der Waals surface area (Å²) < 4.78 is 0. The molecule has 0 saturated carbocycles. The van der Waals surface area contributed by atoms with Crippen LogP contribution in [0.15, 0.2) is 36.7 Å². The molecule has 0 aliphatic carbocycles. The van der Waals surface area contributed by atoms with Crippen LogP contribution in [0.5, 0.6) is 0 Å². The number of rotatable bonds is 6. The number of thiazole rings is 1. The number of benzene rings is 1. The van der Waals surface area contributed by atoms with Crippen molar-refractivity contribution >= 4 is 23.1 Å². The van der Waals surface area contributed by atoms with Gasteiger partial charge in [0.1, 0.15) is 0 Å². The number of Topliss-reactive ketones (excluding diaryl/α,β-unsaturated/α-hetero) is 1. The molecule has 3 rings (SSSR count). The zero-order valence-electron chi connectivity index (χ0n) is 15.2. The zero-order valence-corrected chi connectivity index (χ0v) is 16.0. The van der Waals surface area contributed by atoms with Gasteiger partial charge in [0.05, 0.1) is 15.6 Å². The monoisotopic (exact) mass is 366 g/mol. The van der Waals surface area contributed by atoms with Crippen molar-refractivity contribution in [1.29, 1.82) is 0 Å². The molecule has 6 heteroatoms. The van der Waals surface area contributed by atoms with Crippen molar-refractivity contribution in [3.8, 4) is 11.3 Å². The van der Waals surface area contributed by atoms with Crippen LogP contribution in [-0.4, -0.2) is 20.7 Å². The van der Waals surface area contributed by atoms with E-state index in [1.165, 1.54) is 11.3 Å². The van der Waals surface area contributed by atoms with Gasteiger partial charge in [-0.15, -0.1) is 11.3 Å². The Hall–Kier alpha value is -2.60. The van der Waals surface area contributed by atoms with E-state index in [-0.39, 0.29) is 11.7 Å². The molecule has 0 spiro atoms. The number of nitrogens with zero attached hydrogens (tertiary/aromatic N) is 3. The van der Waals surface area contributed by atoms with E-state index in [4.69, 9.17) is 5.73 Å². The SMILES string of the molecule is Cc1cc(-c2ccnc(N)n2)ccc1CCC(=O)c1cnc(C(C)C)s1. The zero-order chi connectivity index (χ0) is 18.7. The van der Waals surface area contributed by atoms with Crippen LogP contribution in [0.3, 0.4) is 0 Å². The number of anilines is 1. The van der Waals surface area contributed by atoms with E-state index in [0.29, 0.717) is 18.8 Å². The highest BCUT2D eigenvalue weighted by Gasteiger charge is 2.13. The van der Waals surface area contributed by atoms with E-state index >= 15 is 0 Å². The lowest BCUT2D eigenvalue weighted by Crippen LogP contribution is -2.00. The molecule has 3 aromatic rings. The molecule has 0 amide bonds. The van der Waals surface area contributed by atoms with Crippen LogP contribution in [0.1, 0.15) is 52.0 Å². The Kier molecular flexibility index (Phi) is 5.42. The molecule has 0 atom stereocenters. The van der Waals surface area contributed by atoms with Gasteiger partial charge >= 0.3 is 0 Å². The molecule has 2 aromatic heterocycles. The first-order valence-electron chi connectivity index (χ1n) is 8.61. The lowest BCUT2D eigenvalue weighted by atomic mass is 9.98. The molecule has 1 aromatic carbocycles. The summed E-state index contributed by atoms with van der Waals surface area (Å²) in [5.41, 5.74) is 9.76. The summed E-state index contributed by atoms with van der Waals surface area (Å²) in [5, 5.41) is 1.01. The molecule has 0 aliphatic heterocycles. The summed E-state index contributed by atoms with van der Waals surface area (Å²) in [6.07, 6.45) is 4.56. The van der Waals surface area contributed by atoms with Crippen LogP contribution in [-0.2, 0) is 6.42 Å². The van der Waals surface area contributed by atoms with Gasteiger partial charge in [0.15, 0.2) is 5.78 Å². The Morgan fingerprint density at radius 1 is 1.23 bits per heavy atom. The molecule has 0 radical (unpaired) electrons. The van der Waals surface area contributed by atoms with Crippen LogP contribution in [0.4, 0.5) is 5.95 Å². The highest BCUT2D eigenvalue weighted by molar-refractivity contribution is 7.13. The van der Waals surface area contributed by atoms with E-state index in [0.717, 1.165) is 32.3 Å². The fourth-order valence-corrected chi connectivity index (χ4v) is 3.61. The van der Waals surface area contributed by atoms with E-state index in [9.17, 15) is 4.79 Å². The summed E-state index contributed by atoms with van der Waals surface area (Å²) in [4.78, 5) is 25.7. The van der Waals surface area contributed by atoms with Crippen LogP contribution >= 0.6 is 11.3 Å². The third-order valence-corrected chi connectivity index (χ3v) is 5.57. The molecule has 0 saturated heterocycles. The number of nitrogen functional groups attached to an aromatic ring is 1. The van der Waals surface area contributed by atoms with E-state index in [1.807, 2.05) is 12.1 Å². The second-order valence-corrected chi connectivity index (χ2v) is 7.64. The Bertz CT molecular complexity index is 933. The largest absolute Gasteiger partial charge is 0.368 e. The van der Waals surface area contributed by atoms with Crippen molar-refractivity contribution in [3.63, 3.8) is 0 Å². The maximum absolute atomic E-state index is 12.4. The Morgan fingerprint density at radius 2 is 2.04 bits per heavy atom. The van der Waals surface area contributed by atoms with Gasteiger partial charge in [-0.3, -0.25) is 4.79 Å². The predicted molar refractivity (Wildman–Crippen MR) is 105 cm³/mol. The second-order valence-electron chi connectivity index (χ2n) is 6.58. The van der Waals surface area contributed by atoms with E-state index < -0.39 is 0 Å². The second kappa shape index (κ2) is 7.74. The molecule has 5 nitrogen and oxygen atoms in total. The average molecular weight is 366 g/mol. The number of aryl methyl sites for hydroxylation is 2. The number of ketones is 1. The average Bonchev–Trinajstić information content (AvgIpc) is 3.11. The minimum Gasteiger partial charge on any atom is -0.368 e. The predicted octanol–water partition coefficient (Wildman–Crippen LogP) is 4.43. The Balaban J connectivity index is 1.69. The fourth-order valence-electron chi connectivity index (χ4n) is 2.73. The molecule has 0 aliphatic rings. The summed E-state index contributed by atoms with van der Waals surface area (Å²) >= 11 is 1.50. The van der Waals surface area contributed by atoms with Gasteiger partial charge in [0.2, 0.25) is 5.95 Å². The normalized spacial score (nSPS) is 11.1. The maximum atomic E-state index is 12.4. The van der Waals surface area contributed by atoms with Crippen molar-refractivity contribution in [1.82, 2.24) is 15.0 Å². The summed E-state index contributed by atoms with van der Waals surface area (Å²) in [6.45, 7) is 6.23. The molecule has 0 fully saturated rings. The first kappa shape index (κ1) is 18.2. The molecule has 134 valence electrons. The molecule has 2 heterocycles. The van der Waals surface area contributed by atoms with Crippen molar-refractivity contribution in [2.45, 2.75) is 39.5 Å². The molecule has 26 heavy (non-hydrogen) atoms. The summed E-state index contributed by atoms with van der Waals surface area (Å²) in [5.74, 6) is 0.772. The summed E-state index contributed by atoms with van der Waals surface area (Å²) in [7, 11) is 0. The van der Waals surface area contributed by atoms with Gasteiger partial charge in [-0.05, 0) is 36.6 Å². The van der Waals surface area contributed by atoms with Crippen molar-refractivity contribution in [2.75, 3.05) is 5.73 Å². The fraction of sp³-hybridized carbons (Fsp3) is 0.300. The van der Waals surface area contributed by atoms with Gasteiger partial charge in [-0.25, -0.2) is 15.0 Å². The first-order chi connectivity index (χ1) is 12.4. The molecule has 0 unspecified atom stereocenters. The van der Waals surface area contributed by atoms with Crippen molar-refractivity contribution in [2.24, 2.45) is 0 Å². The lowest BCUT2D eigenvalue weighted by Gasteiger charge is -2.08. The van der Waals surface area contributed by atoms with Gasteiger partial charge in [0.25, 0.3) is 0 Å². The molecule has 2 N–H and O–H groups in total. The van der Waals surface area contributed by atoms with Gasteiger partial charge in [0, 0.05) is 30.3 Å². The Morgan fingerprint density at radius 3 is 2.69 bits per heavy atom. The van der Waals surface area contributed by atoms with Crippen molar-refractivity contribution < 1.29 is 4.79 Å². The minimum absolute atomic E-state index is 0.154. The minimum atomic E-state index is 0.154. The van der Waals surface area contributed by atoms with Gasteiger partial charge < -0.3 is 5.73 Å². The van der Waals surface area contributed by atoms with Gasteiger partial charge in [-0.2, -0.15) is 0 Å². The van der Waals surface area contributed by atoms with Gasteiger partial charge in [-0.1, -0.05) is 26.0 Å². The maximum Gasteiger partial charge on any atom is 0.220 e. The smallest absolute Gasteiger partial charge is 0.220 e. The highest BCUT2D eigenvalue weighted by Crippen LogP contribution is 2.24. The highest BCUT2D eigenvalue weighted by atomic mass is 32.1. The van der Waals surface area contributed by atoms with Crippen LogP contribution in [0, 0.1) is 6.92 Å². The number of hydrogen-bond acceptors (Lipinski definition) is 6. The molecular weight excluding hydrogens is 344 g/mol. The first-order valence-corrected chi connectivity index (χ1v) is 9.43. The quantitative estimate of drug-likeness (QED) is 0.653. The van der Waals surface area contributed by atoms with E-state index in [2.05, 4.69) is 47.9 Å². The lowest BCUT2D eigenvalue weighted by molar-refractivity contribution is 0.0986. The topological polar surface area (TPSA) is 81.8 Å². The molecular formula is C20H22N4OS. The number of nitrogens with two attached hydrogens (primary N) is 1. The number of hydrogen-bond donors (Lipinski definition) is 1. The van der Waals surface area contributed by atoms with Crippen LogP contribution in [0.25, 0.3) is 11.3 Å². The Labute approximate surface area is 157 Å². The summed E-state index contributed by atoms with van der Waals surface area (Å²) in [6, 6.07) is 7.98. The van der Waals surface area contributed by atoms with Crippen LogP contribution in [0.2, 0.25) is 0 Å². The standard InChI is InChI=1S/C20H22N4OS/c1-12(2)19-23-11-18(26-19)17(25)7-6-14-4-5-15(10-13(14)3)16-8-9-22-20(21)24-16/h4-5,8-12H,6-7H2,1-3H3,(H2,21,22,24). The molecule has 0 bridgehead atoms.